The highest BCUT2D eigenvalue weighted by molar-refractivity contribution is 6.99. The zero-order chi connectivity index (χ0) is 22.3. The maximum Gasteiger partial charge on any atom is 0.457 e. The molecule has 166 valence electrons. The molecule has 4 rings (SSSR count). The third kappa shape index (κ3) is 4.30. The Morgan fingerprint density at radius 1 is 0.871 bits per heavy atom. The van der Waals surface area contributed by atoms with Crippen LogP contribution in [0.3, 0.4) is 0 Å². The Hall–Kier alpha value is -1.40. The quantitative estimate of drug-likeness (QED) is 0.594. The Morgan fingerprint density at radius 3 is 1.81 bits per heavy atom. The van der Waals surface area contributed by atoms with Crippen LogP contribution in [0.25, 0.3) is 0 Å². The fourth-order valence-corrected chi connectivity index (χ4v) is 10.2. The van der Waals surface area contributed by atoms with Crippen LogP contribution in [0.2, 0.25) is 11.9 Å². The predicted octanol–water partition coefficient (Wildman–Crippen LogP) is 5.04. The van der Waals surface area contributed by atoms with E-state index in [0.29, 0.717) is 11.5 Å². The van der Waals surface area contributed by atoms with Gasteiger partial charge in [-0.05, 0) is 68.7 Å². The van der Waals surface area contributed by atoms with Crippen molar-refractivity contribution in [3.63, 3.8) is 0 Å². The summed E-state index contributed by atoms with van der Waals surface area (Å²) in [6.45, 7) is 13.1. The van der Waals surface area contributed by atoms with Gasteiger partial charge >= 0.3 is 7.12 Å². The topological polar surface area (TPSA) is 27.7 Å². The predicted molar refractivity (Wildman–Crippen MR) is 131 cm³/mol. The van der Waals surface area contributed by atoms with Crippen molar-refractivity contribution in [1.82, 2.24) is 0 Å². The maximum absolute atomic E-state index is 7.19. The van der Waals surface area contributed by atoms with Gasteiger partial charge in [0.15, 0.2) is 0 Å². The highest BCUT2D eigenvalue weighted by Crippen LogP contribution is 2.46. The molecule has 2 atom stereocenters. The van der Waals surface area contributed by atoms with Crippen molar-refractivity contribution in [3.8, 4) is 0 Å². The minimum atomic E-state index is -2.46. The first kappa shape index (κ1) is 22.8. The average Bonchev–Trinajstić information content (AvgIpc) is 3.16. The molecule has 2 aromatic carbocycles. The molecule has 0 N–H and O–H groups in total. The minimum Gasteiger partial charge on any atom is -0.405 e. The van der Waals surface area contributed by atoms with Crippen LogP contribution in [0.15, 0.2) is 60.7 Å². The lowest BCUT2D eigenvalue weighted by molar-refractivity contribution is 0.00578. The first-order chi connectivity index (χ1) is 14.6. The first-order valence-corrected chi connectivity index (χ1v) is 13.8. The minimum absolute atomic E-state index is 0.198. The van der Waals surface area contributed by atoms with Crippen molar-refractivity contribution in [3.05, 3.63) is 60.7 Å². The first-order valence-electron chi connectivity index (χ1n) is 11.8. The second-order valence-corrected chi connectivity index (χ2v) is 14.4. The normalized spacial score (nSPS) is 26.5. The molecule has 2 aliphatic rings. The van der Waals surface area contributed by atoms with Crippen molar-refractivity contribution in [2.24, 2.45) is 5.92 Å². The molecule has 0 bridgehead atoms. The molecule has 0 aromatic heterocycles. The zero-order valence-electron chi connectivity index (χ0n) is 19.9. The van der Waals surface area contributed by atoms with E-state index in [0.717, 1.165) is 19.2 Å². The van der Waals surface area contributed by atoms with Crippen molar-refractivity contribution in [1.29, 1.82) is 0 Å². The van der Waals surface area contributed by atoms with Gasteiger partial charge in [-0.2, -0.15) is 0 Å². The molecule has 0 unspecified atom stereocenters. The summed E-state index contributed by atoms with van der Waals surface area (Å²) in [5, 5.41) is 2.71. The summed E-state index contributed by atoms with van der Waals surface area (Å²) in [7, 11) is -2.66. The van der Waals surface area contributed by atoms with Gasteiger partial charge in [-0.25, -0.2) is 0 Å². The summed E-state index contributed by atoms with van der Waals surface area (Å²) in [6.07, 6.45) is 3.31. The second kappa shape index (κ2) is 8.51. The van der Waals surface area contributed by atoms with Gasteiger partial charge in [-0.1, -0.05) is 74.5 Å². The SMILES string of the molecule is CC(C)C[C@@H]1C[C@H](CB2OC(C)(C)C(C)(C)O2)[Si](c2ccccc2)(c2ccccc2)O1. The van der Waals surface area contributed by atoms with Crippen molar-refractivity contribution < 1.29 is 13.7 Å². The Kier molecular flexibility index (Phi) is 6.25. The van der Waals surface area contributed by atoms with Crippen LogP contribution in [-0.2, 0) is 13.7 Å². The molecular formula is C26H37BO3Si. The third-order valence-electron chi connectivity index (χ3n) is 7.39. The number of hydrogen-bond acceptors (Lipinski definition) is 3. The molecule has 2 fully saturated rings. The van der Waals surface area contributed by atoms with Crippen LogP contribution in [-0.4, -0.2) is 32.7 Å². The highest BCUT2D eigenvalue weighted by Gasteiger charge is 2.58. The summed E-state index contributed by atoms with van der Waals surface area (Å²) >= 11 is 0. The van der Waals surface area contributed by atoms with Crippen LogP contribution in [0.5, 0.6) is 0 Å². The molecule has 2 saturated heterocycles. The number of benzene rings is 2. The summed E-state index contributed by atoms with van der Waals surface area (Å²) < 4.78 is 20.1. The Morgan fingerprint density at radius 2 is 1.35 bits per heavy atom. The molecule has 0 spiro atoms. The molecule has 5 heteroatoms. The van der Waals surface area contributed by atoms with Crippen LogP contribution >= 0.6 is 0 Å². The zero-order valence-corrected chi connectivity index (χ0v) is 20.9. The van der Waals surface area contributed by atoms with E-state index < -0.39 is 8.32 Å². The lowest BCUT2D eigenvalue weighted by Gasteiger charge is -2.34. The van der Waals surface area contributed by atoms with E-state index in [2.05, 4.69) is 102 Å². The van der Waals surface area contributed by atoms with Crippen LogP contribution < -0.4 is 10.4 Å². The Labute approximate surface area is 189 Å². The monoisotopic (exact) mass is 436 g/mol. The summed E-state index contributed by atoms with van der Waals surface area (Å²) in [5.74, 6) is 0.610. The smallest absolute Gasteiger partial charge is 0.405 e. The van der Waals surface area contributed by atoms with Crippen molar-refractivity contribution in [2.75, 3.05) is 0 Å². The molecule has 0 amide bonds. The molecule has 0 radical (unpaired) electrons. The summed E-state index contributed by atoms with van der Waals surface area (Å²) in [4.78, 5) is 0. The van der Waals surface area contributed by atoms with Crippen molar-refractivity contribution in [2.45, 2.75) is 83.6 Å². The maximum atomic E-state index is 7.19. The van der Waals surface area contributed by atoms with Gasteiger partial charge in [-0.15, -0.1) is 0 Å². The van der Waals surface area contributed by atoms with Gasteiger partial charge in [0.05, 0.1) is 11.2 Å². The molecule has 2 heterocycles. The molecule has 3 nitrogen and oxygen atoms in total. The summed E-state index contributed by atoms with van der Waals surface area (Å²) in [5.41, 5.74) is -0.216. The van der Waals surface area contributed by atoms with Gasteiger partial charge in [0.2, 0.25) is 0 Å². The van der Waals surface area contributed by atoms with E-state index in [4.69, 9.17) is 13.7 Å². The largest absolute Gasteiger partial charge is 0.457 e. The lowest BCUT2D eigenvalue weighted by Crippen LogP contribution is -2.62. The van der Waals surface area contributed by atoms with E-state index in [1.54, 1.807) is 0 Å². The molecular weight excluding hydrogens is 399 g/mol. The third-order valence-corrected chi connectivity index (χ3v) is 12.1. The Balaban J connectivity index is 1.75. The molecule has 2 aromatic rings. The molecule has 0 aliphatic carbocycles. The fraction of sp³-hybridized carbons (Fsp3) is 0.538. The average molecular weight is 436 g/mol. The standard InChI is InChI=1S/C26H37BO3Si/c1-20(2)17-21-18-24(19-27-29-25(3,4)26(5,6)30-27)31(28-21,22-13-9-7-10-14-22)23-15-11-8-12-16-23/h7-16,20-21,24H,17-19H2,1-6H3/t21-,24-/m1/s1. The van der Waals surface area contributed by atoms with Crippen molar-refractivity contribution >= 4 is 25.8 Å². The highest BCUT2D eigenvalue weighted by atomic mass is 28.4. The fourth-order valence-electron chi connectivity index (χ4n) is 5.26. The van der Waals surface area contributed by atoms with E-state index in [1.165, 1.54) is 10.4 Å². The molecule has 2 aliphatic heterocycles. The lowest BCUT2D eigenvalue weighted by atomic mass is 9.81. The van der Waals surface area contributed by atoms with Crippen LogP contribution in [0.1, 0.15) is 54.4 Å². The molecule has 0 saturated carbocycles. The van der Waals surface area contributed by atoms with Gasteiger partial charge in [0.25, 0.3) is 8.32 Å². The van der Waals surface area contributed by atoms with Gasteiger partial charge < -0.3 is 13.7 Å². The number of hydrogen-bond donors (Lipinski definition) is 0. The van der Waals surface area contributed by atoms with E-state index in [1.807, 2.05) is 0 Å². The van der Waals surface area contributed by atoms with Gasteiger partial charge in [-0.3, -0.25) is 0 Å². The van der Waals surface area contributed by atoms with Gasteiger partial charge in [0.1, 0.15) is 0 Å². The second-order valence-electron chi connectivity index (χ2n) is 10.7. The van der Waals surface area contributed by atoms with Crippen LogP contribution in [0, 0.1) is 5.92 Å². The van der Waals surface area contributed by atoms with E-state index >= 15 is 0 Å². The Bertz CT molecular complexity index is 813. The van der Waals surface area contributed by atoms with Gasteiger partial charge in [0, 0.05) is 6.10 Å². The summed E-state index contributed by atoms with van der Waals surface area (Å²) in [6, 6.07) is 21.9. The van der Waals surface area contributed by atoms with Crippen LogP contribution in [0.4, 0.5) is 0 Å². The molecule has 31 heavy (non-hydrogen) atoms. The van der Waals surface area contributed by atoms with E-state index in [-0.39, 0.29) is 24.4 Å². The van der Waals surface area contributed by atoms with E-state index in [9.17, 15) is 0 Å². The number of rotatable bonds is 6.